The molecule has 0 saturated carbocycles. The SMILES string of the molecule is CC(C)(C)c1ccc(S(=O)(=O)N/N=C/c2cc(Br)cc(Br)c2O)cc1. The van der Waals surface area contributed by atoms with E-state index in [-0.39, 0.29) is 16.1 Å². The molecule has 0 aliphatic carbocycles. The third-order valence-electron chi connectivity index (χ3n) is 3.46. The summed E-state index contributed by atoms with van der Waals surface area (Å²) < 4.78 is 25.8. The quantitative estimate of drug-likeness (QED) is 0.489. The molecule has 134 valence electrons. The molecule has 0 atom stereocenters. The van der Waals surface area contributed by atoms with E-state index in [4.69, 9.17) is 0 Å². The molecule has 2 aromatic carbocycles. The fourth-order valence-corrected chi connectivity index (χ4v) is 4.09. The Morgan fingerprint density at radius 1 is 1.12 bits per heavy atom. The van der Waals surface area contributed by atoms with Crippen LogP contribution in [0.4, 0.5) is 0 Å². The monoisotopic (exact) mass is 488 g/mol. The fourth-order valence-electron chi connectivity index (χ4n) is 2.04. The van der Waals surface area contributed by atoms with Gasteiger partial charge in [-0.25, -0.2) is 4.83 Å². The van der Waals surface area contributed by atoms with Crippen molar-refractivity contribution in [1.82, 2.24) is 4.83 Å². The molecule has 0 fully saturated rings. The van der Waals surface area contributed by atoms with Crippen molar-refractivity contribution in [3.63, 3.8) is 0 Å². The Hall–Kier alpha value is -1.38. The lowest BCUT2D eigenvalue weighted by molar-refractivity contribution is 0.471. The Kier molecular flexibility index (Phi) is 5.96. The van der Waals surface area contributed by atoms with Crippen molar-refractivity contribution in [2.24, 2.45) is 5.10 Å². The molecule has 0 aliphatic heterocycles. The van der Waals surface area contributed by atoms with Gasteiger partial charge in [-0.1, -0.05) is 48.8 Å². The van der Waals surface area contributed by atoms with Gasteiger partial charge in [-0.3, -0.25) is 0 Å². The van der Waals surface area contributed by atoms with E-state index in [1.54, 1.807) is 36.4 Å². The van der Waals surface area contributed by atoms with Gasteiger partial charge in [0.05, 0.1) is 15.6 Å². The number of phenols is 1. The third-order valence-corrected chi connectivity index (χ3v) is 5.77. The molecule has 0 aliphatic rings. The Morgan fingerprint density at radius 2 is 1.72 bits per heavy atom. The molecule has 0 unspecified atom stereocenters. The molecule has 0 spiro atoms. The number of hydrazone groups is 1. The minimum atomic E-state index is -3.78. The second kappa shape index (κ2) is 7.47. The van der Waals surface area contributed by atoms with Crippen molar-refractivity contribution in [2.75, 3.05) is 0 Å². The van der Waals surface area contributed by atoms with E-state index in [0.717, 1.165) is 10.0 Å². The first kappa shape index (κ1) is 19.9. The van der Waals surface area contributed by atoms with Gasteiger partial charge in [0.15, 0.2) is 0 Å². The highest BCUT2D eigenvalue weighted by molar-refractivity contribution is 9.11. The summed E-state index contributed by atoms with van der Waals surface area (Å²) in [6.07, 6.45) is 1.24. The minimum absolute atomic E-state index is 0.0271. The molecule has 0 radical (unpaired) electrons. The molecule has 25 heavy (non-hydrogen) atoms. The van der Waals surface area contributed by atoms with Gasteiger partial charge in [-0.15, -0.1) is 0 Å². The molecule has 5 nitrogen and oxygen atoms in total. The van der Waals surface area contributed by atoms with Crippen LogP contribution in [0, 0.1) is 0 Å². The van der Waals surface area contributed by atoms with Crippen molar-refractivity contribution < 1.29 is 13.5 Å². The highest BCUT2D eigenvalue weighted by atomic mass is 79.9. The van der Waals surface area contributed by atoms with Gasteiger partial charge in [0.2, 0.25) is 0 Å². The summed E-state index contributed by atoms with van der Waals surface area (Å²) in [6, 6.07) is 9.96. The lowest BCUT2D eigenvalue weighted by Crippen LogP contribution is -2.19. The van der Waals surface area contributed by atoms with Gasteiger partial charge in [-0.2, -0.15) is 13.5 Å². The summed E-state index contributed by atoms with van der Waals surface area (Å²) in [5, 5.41) is 13.7. The van der Waals surface area contributed by atoms with Crippen molar-refractivity contribution in [3.05, 3.63) is 56.5 Å². The number of benzene rings is 2. The van der Waals surface area contributed by atoms with E-state index in [0.29, 0.717) is 10.0 Å². The van der Waals surface area contributed by atoms with Crippen LogP contribution in [-0.4, -0.2) is 19.7 Å². The number of hydrogen-bond donors (Lipinski definition) is 2. The number of nitrogens with one attached hydrogen (secondary N) is 1. The molecule has 2 rings (SSSR count). The highest BCUT2D eigenvalue weighted by Gasteiger charge is 2.17. The molecule has 8 heteroatoms. The van der Waals surface area contributed by atoms with Gasteiger partial charge in [0.25, 0.3) is 10.0 Å². The summed E-state index contributed by atoms with van der Waals surface area (Å²) >= 11 is 6.50. The molecule has 2 aromatic rings. The molecule has 2 N–H and O–H groups in total. The molecule has 0 saturated heterocycles. The van der Waals surface area contributed by atoms with Crippen molar-refractivity contribution >= 4 is 48.1 Å². The van der Waals surface area contributed by atoms with Crippen LogP contribution in [0.25, 0.3) is 0 Å². The first-order chi connectivity index (χ1) is 11.5. The fraction of sp³-hybridized carbons (Fsp3) is 0.235. The zero-order valence-electron chi connectivity index (χ0n) is 13.9. The number of nitrogens with zero attached hydrogens (tertiary/aromatic N) is 1. The highest BCUT2D eigenvalue weighted by Crippen LogP contribution is 2.30. The number of phenolic OH excluding ortho intramolecular Hbond substituents is 1. The minimum Gasteiger partial charge on any atom is -0.506 e. The van der Waals surface area contributed by atoms with E-state index in [9.17, 15) is 13.5 Å². The van der Waals surface area contributed by atoms with Crippen LogP contribution in [0.5, 0.6) is 5.75 Å². The second-order valence-electron chi connectivity index (χ2n) is 6.45. The molecular formula is C17H18Br2N2O3S. The molecular weight excluding hydrogens is 472 g/mol. The number of sulfonamides is 1. The molecule has 0 amide bonds. The van der Waals surface area contributed by atoms with Crippen LogP contribution in [0.3, 0.4) is 0 Å². The molecule has 0 heterocycles. The standard InChI is InChI=1S/C17H18Br2N2O3S/c1-17(2,3)12-4-6-14(7-5-12)25(23,24)21-20-10-11-8-13(18)9-15(19)16(11)22/h4-10,21-22H,1-3H3/b20-10+. The lowest BCUT2D eigenvalue weighted by atomic mass is 9.87. The second-order valence-corrected chi connectivity index (χ2v) is 9.88. The predicted octanol–water partition coefficient (Wildman–Crippen LogP) is 4.53. The summed E-state index contributed by atoms with van der Waals surface area (Å²) in [5.74, 6) is -0.0271. The normalized spacial score (nSPS) is 12.5. The van der Waals surface area contributed by atoms with Crippen LogP contribution in [0.1, 0.15) is 31.9 Å². The number of halogens is 2. The van der Waals surface area contributed by atoms with E-state index in [2.05, 4.69) is 62.6 Å². The van der Waals surface area contributed by atoms with Crippen molar-refractivity contribution in [3.8, 4) is 5.75 Å². The summed E-state index contributed by atoms with van der Waals surface area (Å²) in [5.41, 5.74) is 1.35. The first-order valence-electron chi connectivity index (χ1n) is 7.34. The van der Waals surface area contributed by atoms with Gasteiger partial charge >= 0.3 is 0 Å². The van der Waals surface area contributed by atoms with Crippen LogP contribution < -0.4 is 4.83 Å². The van der Waals surface area contributed by atoms with Crippen molar-refractivity contribution in [1.29, 1.82) is 0 Å². The van der Waals surface area contributed by atoms with Crippen molar-refractivity contribution in [2.45, 2.75) is 31.1 Å². The maximum Gasteiger partial charge on any atom is 0.276 e. The smallest absolute Gasteiger partial charge is 0.276 e. The van der Waals surface area contributed by atoms with Gasteiger partial charge < -0.3 is 5.11 Å². The molecule has 0 bridgehead atoms. The largest absolute Gasteiger partial charge is 0.506 e. The average Bonchev–Trinajstić information content (AvgIpc) is 2.51. The third kappa shape index (κ3) is 5.05. The average molecular weight is 490 g/mol. The Labute approximate surface area is 164 Å². The maximum atomic E-state index is 12.3. The van der Waals surface area contributed by atoms with Gasteiger partial charge in [-0.05, 0) is 51.2 Å². The first-order valence-corrected chi connectivity index (χ1v) is 10.4. The van der Waals surface area contributed by atoms with E-state index in [1.807, 2.05) is 0 Å². The van der Waals surface area contributed by atoms with Crippen LogP contribution >= 0.6 is 31.9 Å². The number of hydrogen-bond acceptors (Lipinski definition) is 4. The van der Waals surface area contributed by atoms with E-state index >= 15 is 0 Å². The Morgan fingerprint density at radius 3 is 2.28 bits per heavy atom. The van der Waals surface area contributed by atoms with Crippen LogP contribution in [0.2, 0.25) is 0 Å². The summed E-state index contributed by atoms with van der Waals surface area (Å²) in [4.78, 5) is 2.27. The summed E-state index contributed by atoms with van der Waals surface area (Å²) in [7, 11) is -3.78. The zero-order chi connectivity index (χ0) is 18.8. The topological polar surface area (TPSA) is 78.8 Å². The predicted molar refractivity (Wildman–Crippen MR) is 107 cm³/mol. The summed E-state index contributed by atoms with van der Waals surface area (Å²) in [6.45, 7) is 6.17. The van der Waals surface area contributed by atoms with Crippen LogP contribution in [-0.2, 0) is 15.4 Å². The zero-order valence-corrected chi connectivity index (χ0v) is 17.9. The van der Waals surface area contributed by atoms with E-state index < -0.39 is 10.0 Å². The number of rotatable bonds is 4. The van der Waals surface area contributed by atoms with Gasteiger partial charge in [0.1, 0.15) is 5.75 Å². The Balaban J connectivity index is 2.19. The lowest BCUT2D eigenvalue weighted by Gasteiger charge is -2.19. The molecule has 0 aromatic heterocycles. The van der Waals surface area contributed by atoms with Crippen LogP contribution in [0.15, 0.2) is 55.3 Å². The number of aromatic hydroxyl groups is 1. The van der Waals surface area contributed by atoms with E-state index in [1.165, 1.54) is 6.21 Å². The maximum absolute atomic E-state index is 12.3. The Bertz CT molecular complexity index is 903. The van der Waals surface area contributed by atoms with Gasteiger partial charge in [0, 0.05) is 10.0 Å².